The molecule has 1 rings (SSSR count). The Bertz CT molecular complexity index is 196. The van der Waals surface area contributed by atoms with Gasteiger partial charge < -0.3 is 20.6 Å². The third-order valence-corrected chi connectivity index (χ3v) is 3.19. The highest BCUT2D eigenvalue weighted by atomic mass is 16.3. The number of nitrogens with zero attached hydrogens (tertiary/aromatic N) is 2. The molecule has 0 amide bonds. The fourth-order valence-electron chi connectivity index (χ4n) is 2.30. The van der Waals surface area contributed by atoms with Crippen LogP contribution in [0.4, 0.5) is 0 Å². The van der Waals surface area contributed by atoms with E-state index in [1.54, 1.807) is 0 Å². The molecule has 0 bridgehead atoms. The molecule has 1 heterocycles. The monoisotopic (exact) mass is 215 g/mol. The highest BCUT2D eigenvalue weighted by Crippen LogP contribution is 2.15. The number of aliphatic hydroxyl groups excluding tert-OH is 1. The highest BCUT2D eigenvalue weighted by molar-refractivity contribution is 4.84. The first-order valence-electron chi connectivity index (χ1n) is 5.73. The van der Waals surface area contributed by atoms with E-state index in [2.05, 4.69) is 23.9 Å². The van der Waals surface area contributed by atoms with Crippen LogP contribution in [0.1, 0.15) is 19.8 Å². The number of nitrogens with two attached hydrogens (primary N) is 1. The average molecular weight is 215 g/mol. The minimum Gasteiger partial charge on any atom is -0.394 e. The van der Waals surface area contributed by atoms with Gasteiger partial charge in [0.2, 0.25) is 0 Å². The first kappa shape index (κ1) is 12.9. The quantitative estimate of drug-likeness (QED) is 0.662. The summed E-state index contributed by atoms with van der Waals surface area (Å²) in [4.78, 5) is 4.63. The van der Waals surface area contributed by atoms with E-state index < -0.39 is 5.54 Å². The second-order valence-corrected chi connectivity index (χ2v) is 5.29. The summed E-state index contributed by atoms with van der Waals surface area (Å²) in [6.45, 7) is 4.93. The molecule has 4 heteroatoms. The van der Waals surface area contributed by atoms with Crippen LogP contribution in [0.2, 0.25) is 0 Å². The normalized spacial score (nSPS) is 27.2. The lowest BCUT2D eigenvalue weighted by molar-refractivity contribution is 0.144. The van der Waals surface area contributed by atoms with Crippen LogP contribution in [0.5, 0.6) is 0 Å². The van der Waals surface area contributed by atoms with Gasteiger partial charge in [-0.15, -0.1) is 0 Å². The first-order chi connectivity index (χ1) is 6.94. The van der Waals surface area contributed by atoms with Crippen LogP contribution < -0.4 is 5.73 Å². The maximum atomic E-state index is 9.09. The van der Waals surface area contributed by atoms with Crippen LogP contribution >= 0.6 is 0 Å². The fourth-order valence-corrected chi connectivity index (χ4v) is 2.30. The number of hydrogen-bond donors (Lipinski definition) is 2. The summed E-state index contributed by atoms with van der Waals surface area (Å²) in [7, 11) is 4.26. The summed E-state index contributed by atoms with van der Waals surface area (Å²) in [5.41, 5.74) is 5.44. The highest BCUT2D eigenvalue weighted by Gasteiger charge is 2.25. The van der Waals surface area contributed by atoms with Crippen molar-refractivity contribution >= 4 is 0 Å². The third-order valence-electron chi connectivity index (χ3n) is 3.19. The fraction of sp³-hybridized carbons (Fsp3) is 1.00. The maximum Gasteiger partial charge on any atom is 0.0621 e. The second kappa shape index (κ2) is 5.25. The van der Waals surface area contributed by atoms with Crippen molar-refractivity contribution in [1.82, 2.24) is 9.80 Å². The van der Waals surface area contributed by atoms with Gasteiger partial charge in [0.15, 0.2) is 0 Å². The van der Waals surface area contributed by atoms with Crippen molar-refractivity contribution in [3.05, 3.63) is 0 Å². The Morgan fingerprint density at radius 2 is 2.27 bits per heavy atom. The molecule has 3 N–H and O–H groups in total. The number of aliphatic hydroxyl groups is 1. The van der Waals surface area contributed by atoms with E-state index in [0.717, 1.165) is 13.1 Å². The van der Waals surface area contributed by atoms with Crippen LogP contribution in [0.3, 0.4) is 0 Å². The van der Waals surface area contributed by atoms with Gasteiger partial charge in [-0.05, 0) is 40.4 Å². The molecule has 1 aliphatic heterocycles. The summed E-state index contributed by atoms with van der Waals surface area (Å²) >= 11 is 0. The molecule has 0 aromatic heterocycles. The van der Waals surface area contributed by atoms with Crippen molar-refractivity contribution in [1.29, 1.82) is 0 Å². The van der Waals surface area contributed by atoms with Gasteiger partial charge in [-0.1, -0.05) is 0 Å². The number of likely N-dealkylation sites (N-methyl/N-ethyl adjacent to an activating group) is 2. The van der Waals surface area contributed by atoms with Gasteiger partial charge in [-0.3, -0.25) is 0 Å². The van der Waals surface area contributed by atoms with Gasteiger partial charge in [0.1, 0.15) is 0 Å². The Morgan fingerprint density at radius 3 is 2.73 bits per heavy atom. The zero-order chi connectivity index (χ0) is 11.5. The summed E-state index contributed by atoms with van der Waals surface area (Å²) in [5, 5.41) is 9.09. The minimum absolute atomic E-state index is 0.0395. The lowest BCUT2D eigenvalue weighted by atomic mass is 10.0. The van der Waals surface area contributed by atoms with E-state index in [1.165, 1.54) is 19.4 Å². The SMILES string of the molecule is CN(CC1CCCN1C)CC(C)(N)CO. The molecule has 0 aromatic rings. The minimum atomic E-state index is -0.480. The lowest BCUT2D eigenvalue weighted by Crippen LogP contribution is -2.51. The molecule has 2 atom stereocenters. The van der Waals surface area contributed by atoms with Gasteiger partial charge in [-0.25, -0.2) is 0 Å². The molecule has 15 heavy (non-hydrogen) atoms. The summed E-state index contributed by atoms with van der Waals surface area (Å²) < 4.78 is 0. The molecule has 1 aliphatic rings. The van der Waals surface area contributed by atoms with Crippen molar-refractivity contribution in [2.75, 3.05) is 40.3 Å². The van der Waals surface area contributed by atoms with Crippen LogP contribution in [0.15, 0.2) is 0 Å². The maximum absolute atomic E-state index is 9.09. The smallest absolute Gasteiger partial charge is 0.0621 e. The van der Waals surface area contributed by atoms with Gasteiger partial charge in [0, 0.05) is 24.7 Å². The van der Waals surface area contributed by atoms with Crippen molar-refractivity contribution in [3.63, 3.8) is 0 Å². The van der Waals surface area contributed by atoms with E-state index in [9.17, 15) is 0 Å². The molecule has 0 radical (unpaired) electrons. The molecular weight excluding hydrogens is 190 g/mol. The van der Waals surface area contributed by atoms with Crippen LogP contribution in [-0.4, -0.2) is 66.8 Å². The van der Waals surface area contributed by atoms with Crippen molar-refractivity contribution in [3.8, 4) is 0 Å². The third kappa shape index (κ3) is 4.07. The van der Waals surface area contributed by atoms with E-state index in [1.807, 2.05) is 6.92 Å². The molecule has 0 aliphatic carbocycles. The second-order valence-electron chi connectivity index (χ2n) is 5.29. The van der Waals surface area contributed by atoms with Crippen molar-refractivity contribution < 1.29 is 5.11 Å². The number of hydrogen-bond acceptors (Lipinski definition) is 4. The predicted octanol–water partition coefficient (Wildman–Crippen LogP) is -0.278. The van der Waals surface area contributed by atoms with Gasteiger partial charge in [-0.2, -0.15) is 0 Å². The van der Waals surface area contributed by atoms with E-state index in [0.29, 0.717) is 6.04 Å². The molecular formula is C11H25N3O. The Morgan fingerprint density at radius 1 is 1.60 bits per heavy atom. The molecule has 0 saturated carbocycles. The molecule has 4 nitrogen and oxygen atoms in total. The topological polar surface area (TPSA) is 52.7 Å². The molecule has 1 fully saturated rings. The van der Waals surface area contributed by atoms with Gasteiger partial charge >= 0.3 is 0 Å². The van der Waals surface area contributed by atoms with E-state index in [4.69, 9.17) is 10.8 Å². The Hall–Kier alpha value is -0.160. The zero-order valence-corrected chi connectivity index (χ0v) is 10.2. The largest absolute Gasteiger partial charge is 0.394 e. The Labute approximate surface area is 93.0 Å². The predicted molar refractivity (Wildman–Crippen MR) is 62.8 cm³/mol. The average Bonchev–Trinajstić information content (AvgIpc) is 2.51. The summed E-state index contributed by atoms with van der Waals surface area (Å²) in [6, 6.07) is 0.657. The van der Waals surface area contributed by atoms with Crippen LogP contribution in [-0.2, 0) is 0 Å². The van der Waals surface area contributed by atoms with Crippen molar-refractivity contribution in [2.45, 2.75) is 31.3 Å². The first-order valence-corrected chi connectivity index (χ1v) is 5.73. The van der Waals surface area contributed by atoms with Crippen LogP contribution in [0, 0.1) is 0 Å². The lowest BCUT2D eigenvalue weighted by Gasteiger charge is -2.31. The van der Waals surface area contributed by atoms with E-state index in [-0.39, 0.29) is 6.61 Å². The Kier molecular flexibility index (Phi) is 4.52. The van der Waals surface area contributed by atoms with E-state index >= 15 is 0 Å². The number of rotatable bonds is 5. The molecule has 0 aromatic carbocycles. The standard InChI is InChI=1S/C11H25N3O/c1-11(12,9-15)8-13(2)7-10-5-4-6-14(10)3/h10,15H,4-9,12H2,1-3H3. The summed E-state index contributed by atoms with van der Waals surface area (Å²) in [6.07, 6.45) is 2.58. The van der Waals surface area contributed by atoms with Crippen molar-refractivity contribution in [2.24, 2.45) is 5.73 Å². The molecule has 1 saturated heterocycles. The van der Waals surface area contributed by atoms with Gasteiger partial charge in [0.25, 0.3) is 0 Å². The molecule has 2 unspecified atom stereocenters. The molecule has 0 spiro atoms. The molecule has 90 valence electrons. The zero-order valence-electron chi connectivity index (χ0n) is 10.2. The Balaban J connectivity index is 2.32. The van der Waals surface area contributed by atoms with Gasteiger partial charge in [0.05, 0.1) is 6.61 Å². The van der Waals surface area contributed by atoms with Crippen LogP contribution in [0.25, 0.3) is 0 Å². The summed E-state index contributed by atoms with van der Waals surface area (Å²) in [5.74, 6) is 0. The number of likely N-dealkylation sites (tertiary alicyclic amines) is 1.